The molecule has 0 fully saturated rings. The van der Waals surface area contributed by atoms with E-state index in [0.717, 1.165) is 28.4 Å². The molecular weight excluding hydrogens is 787 g/mol. The number of fused-ring (bicyclic) bond motifs is 12. The minimum absolute atomic E-state index is 0.641. The van der Waals surface area contributed by atoms with E-state index >= 15 is 0 Å². The Balaban J connectivity index is 1.08. The first kappa shape index (κ1) is 37.2. The van der Waals surface area contributed by atoms with Crippen LogP contribution in [-0.4, -0.2) is 11.6 Å². The Hall–Kier alpha value is -8.40. The molecule has 306 valence electrons. The van der Waals surface area contributed by atoms with Gasteiger partial charge in [-0.25, -0.2) is 0 Å². The van der Waals surface area contributed by atoms with Crippen molar-refractivity contribution in [3.8, 4) is 39.1 Å². The standard InChI is InChI=1S/C62H43N3/c1-63(47-26-15-22-44(38-47)42-18-5-2-6-19-42)48-34-36-51-52-37-35-50(64(46-24-9-4-10-25-46)49-27-16-23-45(39-49)43-20-7-3-8-21-43)41-58(52)62(57(51)40-48)55-30-12-14-33-60(55)65-59-32-13-11-28-53(59)54-29-17-31-56(62)61(54)65/h2-41H,1H3. The molecule has 3 nitrogen and oxygen atoms in total. The lowest BCUT2D eigenvalue weighted by Crippen LogP contribution is -2.33. The maximum Gasteiger partial charge on any atom is 0.0756 e. The number of para-hydroxylation sites is 4. The fraction of sp³-hybridized carbons (Fsp3) is 0.0323. The molecule has 1 aromatic heterocycles. The summed E-state index contributed by atoms with van der Waals surface area (Å²) in [6.45, 7) is 0. The summed E-state index contributed by atoms with van der Waals surface area (Å²) in [5, 5.41) is 2.54. The third-order valence-corrected chi connectivity index (χ3v) is 14.0. The fourth-order valence-corrected chi connectivity index (χ4v) is 11.1. The average molecular weight is 830 g/mol. The normalized spacial score (nSPS) is 14.3. The maximum absolute atomic E-state index is 2.53. The Morgan fingerprint density at radius 1 is 0.338 bits per heavy atom. The number of rotatable bonds is 7. The van der Waals surface area contributed by atoms with Crippen LogP contribution in [0.5, 0.6) is 0 Å². The summed E-state index contributed by atoms with van der Waals surface area (Å²) in [6.07, 6.45) is 0. The molecule has 11 aromatic rings. The first-order valence-electron chi connectivity index (χ1n) is 22.5. The van der Waals surface area contributed by atoms with E-state index in [1.54, 1.807) is 0 Å². The SMILES string of the molecule is CN(c1cccc(-c2ccccc2)c1)c1ccc2c(c1)C1(c3cc(N(c4ccccc4)c4cccc(-c5ccccc5)c4)ccc3-2)c2ccccc2-n2c3ccccc3c3cccc1c32. The van der Waals surface area contributed by atoms with Crippen molar-refractivity contribution < 1.29 is 0 Å². The smallest absolute Gasteiger partial charge is 0.0756 e. The molecule has 10 aromatic carbocycles. The number of aromatic nitrogens is 1. The molecule has 1 aliphatic heterocycles. The Morgan fingerprint density at radius 2 is 0.815 bits per heavy atom. The second kappa shape index (κ2) is 14.6. The lowest BCUT2D eigenvalue weighted by Gasteiger charge is -2.40. The van der Waals surface area contributed by atoms with Gasteiger partial charge in [0.05, 0.1) is 22.1 Å². The largest absolute Gasteiger partial charge is 0.345 e. The second-order valence-corrected chi connectivity index (χ2v) is 17.3. The van der Waals surface area contributed by atoms with Gasteiger partial charge in [-0.05, 0) is 128 Å². The van der Waals surface area contributed by atoms with Crippen LogP contribution in [-0.2, 0) is 5.41 Å². The van der Waals surface area contributed by atoms with Crippen LogP contribution in [0, 0.1) is 0 Å². The zero-order valence-corrected chi connectivity index (χ0v) is 35.9. The topological polar surface area (TPSA) is 11.4 Å². The van der Waals surface area contributed by atoms with Crippen LogP contribution in [0.4, 0.5) is 28.4 Å². The molecule has 1 aliphatic carbocycles. The molecule has 1 unspecified atom stereocenters. The van der Waals surface area contributed by atoms with Gasteiger partial charge in [-0.3, -0.25) is 0 Å². The summed E-state index contributed by atoms with van der Waals surface area (Å²) in [7, 11) is 2.20. The number of anilines is 5. The highest BCUT2D eigenvalue weighted by atomic mass is 15.1. The lowest BCUT2D eigenvalue weighted by molar-refractivity contribution is 0.748. The van der Waals surface area contributed by atoms with Gasteiger partial charge in [-0.2, -0.15) is 0 Å². The Labute approximate surface area is 379 Å². The van der Waals surface area contributed by atoms with Crippen LogP contribution in [0.25, 0.3) is 60.9 Å². The van der Waals surface area contributed by atoms with Gasteiger partial charge in [0.15, 0.2) is 0 Å². The monoisotopic (exact) mass is 829 g/mol. The molecular formula is C62H43N3. The van der Waals surface area contributed by atoms with Crippen LogP contribution in [0.2, 0.25) is 0 Å². The van der Waals surface area contributed by atoms with Crippen LogP contribution in [0.1, 0.15) is 22.3 Å². The van der Waals surface area contributed by atoms with E-state index in [1.807, 2.05) is 0 Å². The van der Waals surface area contributed by atoms with Crippen LogP contribution in [0.3, 0.4) is 0 Å². The summed E-state index contributed by atoms with van der Waals surface area (Å²) in [6, 6.07) is 89.4. The minimum Gasteiger partial charge on any atom is -0.345 e. The summed E-state index contributed by atoms with van der Waals surface area (Å²) >= 11 is 0. The predicted octanol–water partition coefficient (Wildman–Crippen LogP) is 16.0. The molecule has 2 heterocycles. The van der Waals surface area contributed by atoms with E-state index in [9.17, 15) is 0 Å². The van der Waals surface area contributed by atoms with E-state index in [-0.39, 0.29) is 0 Å². The molecule has 3 heteroatoms. The highest BCUT2D eigenvalue weighted by Gasteiger charge is 2.51. The predicted molar refractivity (Wildman–Crippen MR) is 272 cm³/mol. The van der Waals surface area contributed by atoms with E-state index in [0.29, 0.717) is 0 Å². The first-order chi connectivity index (χ1) is 32.2. The van der Waals surface area contributed by atoms with Gasteiger partial charge in [0.1, 0.15) is 0 Å². The van der Waals surface area contributed by atoms with Crippen molar-refractivity contribution in [2.45, 2.75) is 5.41 Å². The van der Waals surface area contributed by atoms with Crippen molar-refractivity contribution in [3.05, 3.63) is 265 Å². The van der Waals surface area contributed by atoms with Crippen molar-refractivity contribution in [1.82, 2.24) is 4.57 Å². The molecule has 1 atom stereocenters. The molecule has 0 bridgehead atoms. The quantitative estimate of drug-likeness (QED) is 0.159. The van der Waals surface area contributed by atoms with Crippen LogP contribution in [0.15, 0.2) is 243 Å². The van der Waals surface area contributed by atoms with Gasteiger partial charge in [0, 0.05) is 46.3 Å². The first-order valence-corrected chi connectivity index (χ1v) is 22.5. The van der Waals surface area contributed by atoms with Gasteiger partial charge in [0.2, 0.25) is 0 Å². The molecule has 2 aliphatic rings. The van der Waals surface area contributed by atoms with E-state index in [4.69, 9.17) is 0 Å². The van der Waals surface area contributed by atoms with Crippen molar-refractivity contribution in [2.24, 2.45) is 0 Å². The van der Waals surface area contributed by atoms with Crippen molar-refractivity contribution in [3.63, 3.8) is 0 Å². The Morgan fingerprint density at radius 3 is 1.54 bits per heavy atom. The molecule has 0 N–H and O–H groups in total. The number of nitrogens with zero attached hydrogens (tertiary/aromatic N) is 3. The van der Waals surface area contributed by atoms with Gasteiger partial charge in [-0.15, -0.1) is 0 Å². The Kier molecular flexibility index (Phi) is 8.34. The third kappa shape index (κ3) is 5.55. The molecule has 0 radical (unpaired) electrons. The zero-order valence-electron chi connectivity index (χ0n) is 35.9. The van der Waals surface area contributed by atoms with Gasteiger partial charge >= 0.3 is 0 Å². The average Bonchev–Trinajstić information content (AvgIpc) is 3.87. The number of benzene rings is 10. The third-order valence-electron chi connectivity index (χ3n) is 14.0. The van der Waals surface area contributed by atoms with Gasteiger partial charge in [0.25, 0.3) is 0 Å². The van der Waals surface area contributed by atoms with Crippen LogP contribution >= 0.6 is 0 Å². The summed E-state index contributed by atoms with van der Waals surface area (Å²) in [5.74, 6) is 0. The highest BCUT2D eigenvalue weighted by Crippen LogP contribution is 2.62. The van der Waals surface area contributed by atoms with Crippen LogP contribution < -0.4 is 9.80 Å². The molecule has 13 rings (SSSR count). The Bertz CT molecular complexity index is 3630. The number of hydrogen-bond donors (Lipinski definition) is 0. The van der Waals surface area contributed by atoms with E-state index < -0.39 is 5.41 Å². The second-order valence-electron chi connectivity index (χ2n) is 17.3. The zero-order chi connectivity index (χ0) is 43.1. The fourth-order valence-electron chi connectivity index (χ4n) is 11.1. The molecule has 0 amide bonds. The molecule has 0 saturated carbocycles. The van der Waals surface area contributed by atoms with Crippen molar-refractivity contribution in [1.29, 1.82) is 0 Å². The molecule has 65 heavy (non-hydrogen) atoms. The van der Waals surface area contributed by atoms with Crippen molar-refractivity contribution >= 4 is 50.2 Å². The van der Waals surface area contributed by atoms with Gasteiger partial charge in [-0.1, -0.05) is 170 Å². The maximum atomic E-state index is 2.53. The minimum atomic E-state index is -0.641. The van der Waals surface area contributed by atoms with Crippen molar-refractivity contribution in [2.75, 3.05) is 16.8 Å². The number of hydrogen-bond acceptors (Lipinski definition) is 2. The summed E-state index contributed by atoms with van der Waals surface area (Å²) < 4.78 is 2.53. The molecule has 0 saturated heterocycles. The summed E-state index contributed by atoms with van der Waals surface area (Å²) in [4.78, 5) is 4.77. The lowest BCUT2D eigenvalue weighted by atomic mass is 9.65. The molecule has 1 spiro atoms. The van der Waals surface area contributed by atoms with Gasteiger partial charge < -0.3 is 14.4 Å². The van der Waals surface area contributed by atoms with E-state index in [2.05, 4.69) is 264 Å². The van der Waals surface area contributed by atoms with E-state index in [1.165, 1.54) is 83.1 Å². The highest BCUT2D eigenvalue weighted by molar-refractivity contribution is 6.13. The summed E-state index contributed by atoms with van der Waals surface area (Å²) in [5.41, 5.74) is 21.1.